The van der Waals surface area contributed by atoms with Crippen molar-refractivity contribution in [1.82, 2.24) is 4.57 Å². The standard InChI is InChI=1S/C20H23NO4/c1-12(2)25-20(23)16-9-10-21-17(16)11-13(3)18(21)19(22)14-5-7-15(24-4)8-6-14/h5-8,11-12,16H,9-10H2,1-4H3. The van der Waals surface area contributed by atoms with E-state index in [0.29, 0.717) is 30.0 Å². The number of rotatable bonds is 5. The Morgan fingerprint density at radius 3 is 2.48 bits per heavy atom. The first kappa shape index (κ1) is 17.3. The largest absolute Gasteiger partial charge is 0.497 e. The molecule has 0 fully saturated rings. The molecular weight excluding hydrogens is 318 g/mol. The van der Waals surface area contributed by atoms with Gasteiger partial charge in [-0.05, 0) is 63.1 Å². The lowest BCUT2D eigenvalue weighted by atomic mass is 10.0. The molecule has 3 rings (SSSR count). The number of aryl methyl sites for hydroxylation is 1. The van der Waals surface area contributed by atoms with Crippen LogP contribution in [0.25, 0.3) is 0 Å². The summed E-state index contributed by atoms with van der Waals surface area (Å²) in [6, 6.07) is 9.02. The fourth-order valence-electron chi connectivity index (χ4n) is 3.38. The lowest BCUT2D eigenvalue weighted by Crippen LogP contribution is -2.18. The third kappa shape index (κ3) is 3.18. The number of hydrogen-bond donors (Lipinski definition) is 0. The van der Waals surface area contributed by atoms with Gasteiger partial charge in [0.15, 0.2) is 0 Å². The monoisotopic (exact) mass is 341 g/mol. The minimum Gasteiger partial charge on any atom is -0.497 e. The smallest absolute Gasteiger partial charge is 0.315 e. The number of methoxy groups -OCH3 is 1. The zero-order valence-corrected chi connectivity index (χ0v) is 15.0. The fourth-order valence-corrected chi connectivity index (χ4v) is 3.38. The number of carbonyl (C=O) groups excluding carboxylic acids is 2. The van der Waals surface area contributed by atoms with Crippen molar-refractivity contribution in [3.05, 3.63) is 52.8 Å². The molecule has 1 aromatic heterocycles. The summed E-state index contributed by atoms with van der Waals surface area (Å²) in [6.45, 7) is 6.25. The number of esters is 1. The maximum atomic E-state index is 13.0. The van der Waals surface area contributed by atoms with Crippen molar-refractivity contribution in [2.45, 2.75) is 45.8 Å². The summed E-state index contributed by atoms with van der Waals surface area (Å²) in [5, 5.41) is 0. The number of nitrogens with zero attached hydrogens (tertiary/aromatic N) is 1. The molecule has 0 spiro atoms. The topological polar surface area (TPSA) is 57.5 Å². The van der Waals surface area contributed by atoms with Crippen LogP contribution in [0.2, 0.25) is 0 Å². The summed E-state index contributed by atoms with van der Waals surface area (Å²) in [5.74, 6) is 0.169. The Kier molecular flexibility index (Phi) is 4.66. The molecule has 1 aromatic carbocycles. The first-order valence-electron chi connectivity index (χ1n) is 8.51. The van der Waals surface area contributed by atoms with Crippen LogP contribution in [0.4, 0.5) is 0 Å². The first-order valence-corrected chi connectivity index (χ1v) is 8.51. The SMILES string of the molecule is COc1ccc(C(=O)c2c(C)cc3n2CCC3C(=O)OC(C)C)cc1. The van der Waals surface area contributed by atoms with Gasteiger partial charge >= 0.3 is 5.97 Å². The molecule has 1 aliphatic heterocycles. The zero-order chi connectivity index (χ0) is 18.1. The fraction of sp³-hybridized carbons (Fsp3) is 0.400. The number of benzene rings is 1. The van der Waals surface area contributed by atoms with E-state index in [1.807, 2.05) is 31.4 Å². The van der Waals surface area contributed by atoms with Crippen LogP contribution >= 0.6 is 0 Å². The van der Waals surface area contributed by atoms with Crippen molar-refractivity contribution in [3.63, 3.8) is 0 Å². The summed E-state index contributed by atoms with van der Waals surface area (Å²) in [7, 11) is 1.59. The van der Waals surface area contributed by atoms with Crippen LogP contribution in [-0.2, 0) is 16.1 Å². The van der Waals surface area contributed by atoms with Gasteiger partial charge < -0.3 is 14.0 Å². The summed E-state index contributed by atoms with van der Waals surface area (Å²) >= 11 is 0. The van der Waals surface area contributed by atoms with Crippen molar-refractivity contribution in [2.24, 2.45) is 0 Å². The van der Waals surface area contributed by atoms with Crippen molar-refractivity contribution < 1.29 is 19.1 Å². The molecule has 132 valence electrons. The van der Waals surface area contributed by atoms with E-state index in [0.717, 1.165) is 11.3 Å². The second kappa shape index (κ2) is 6.75. The Labute approximate surface area is 147 Å². The van der Waals surface area contributed by atoms with Crippen molar-refractivity contribution in [1.29, 1.82) is 0 Å². The van der Waals surface area contributed by atoms with Crippen LogP contribution in [0.5, 0.6) is 5.75 Å². The molecule has 0 bridgehead atoms. The second-order valence-electron chi connectivity index (χ2n) is 6.64. The summed E-state index contributed by atoms with van der Waals surface area (Å²) in [5.41, 5.74) is 3.02. The average Bonchev–Trinajstić information content (AvgIpc) is 3.11. The Balaban J connectivity index is 1.91. The van der Waals surface area contributed by atoms with Gasteiger partial charge in [0.05, 0.1) is 24.8 Å². The van der Waals surface area contributed by atoms with Gasteiger partial charge in [0.1, 0.15) is 5.75 Å². The number of carbonyl (C=O) groups is 2. The van der Waals surface area contributed by atoms with Crippen LogP contribution in [-0.4, -0.2) is 29.5 Å². The Hall–Kier alpha value is -2.56. The molecule has 2 heterocycles. The molecule has 5 heteroatoms. The predicted octanol–water partition coefficient (Wildman–Crippen LogP) is 3.48. The summed E-state index contributed by atoms with van der Waals surface area (Å²) in [4.78, 5) is 25.3. The first-order chi connectivity index (χ1) is 11.9. The van der Waals surface area contributed by atoms with E-state index in [9.17, 15) is 9.59 Å². The van der Waals surface area contributed by atoms with Gasteiger partial charge in [-0.2, -0.15) is 0 Å². The minimum atomic E-state index is -0.293. The molecule has 1 unspecified atom stereocenters. The molecule has 1 aliphatic rings. The van der Waals surface area contributed by atoms with Crippen LogP contribution in [0, 0.1) is 6.92 Å². The minimum absolute atomic E-state index is 0.0377. The lowest BCUT2D eigenvalue weighted by Gasteiger charge is -2.12. The second-order valence-corrected chi connectivity index (χ2v) is 6.64. The van der Waals surface area contributed by atoms with E-state index in [1.54, 1.807) is 31.4 Å². The van der Waals surface area contributed by atoms with Gasteiger partial charge in [-0.3, -0.25) is 9.59 Å². The zero-order valence-electron chi connectivity index (χ0n) is 15.0. The van der Waals surface area contributed by atoms with E-state index >= 15 is 0 Å². The molecular formula is C20H23NO4. The molecule has 0 aliphatic carbocycles. The van der Waals surface area contributed by atoms with Crippen LogP contribution in [0.1, 0.15) is 53.5 Å². The number of hydrogen-bond acceptors (Lipinski definition) is 4. The van der Waals surface area contributed by atoms with E-state index < -0.39 is 0 Å². The van der Waals surface area contributed by atoms with E-state index in [2.05, 4.69) is 0 Å². The van der Waals surface area contributed by atoms with Gasteiger partial charge in [-0.15, -0.1) is 0 Å². The highest BCUT2D eigenvalue weighted by molar-refractivity contribution is 6.09. The number of fused-ring (bicyclic) bond motifs is 1. The molecule has 2 aromatic rings. The molecule has 0 radical (unpaired) electrons. The van der Waals surface area contributed by atoms with Crippen molar-refractivity contribution in [3.8, 4) is 5.75 Å². The van der Waals surface area contributed by atoms with Gasteiger partial charge in [0.25, 0.3) is 0 Å². The predicted molar refractivity (Wildman–Crippen MR) is 94.2 cm³/mol. The number of aromatic nitrogens is 1. The highest BCUT2D eigenvalue weighted by Gasteiger charge is 2.34. The highest BCUT2D eigenvalue weighted by Crippen LogP contribution is 2.34. The maximum Gasteiger partial charge on any atom is 0.315 e. The number of ketones is 1. The van der Waals surface area contributed by atoms with E-state index in [4.69, 9.17) is 9.47 Å². The molecule has 0 N–H and O–H groups in total. The van der Waals surface area contributed by atoms with Crippen LogP contribution < -0.4 is 4.74 Å². The highest BCUT2D eigenvalue weighted by atomic mass is 16.5. The third-order valence-electron chi connectivity index (χ3n) is 4.52. The van der Waals surface area contributed by atoms with Crippen molar-refractivity contribution >= 4 is 11.8 Å². The van der Waals surface area contributed by atoms with Crippen LogP contribution in [0.3, 0.4) is 0 Å². The Morgan fingerprint density at radius 2 is 1.88 bits per heavy atom. The van der Waals surface area contributed by atoms with Crippen LogP contribution in [0.15, 0.2) is 30.3 Å². The average molecular weight is 341 g/mol. The summed E-state index contributed by atoms with van der Waals surface area (Å²) < 4.78 is 12.5. The van der Waals surface area contributed by atoms with Gasteiger partial charge in [0, 0.05) is 17.8 Å². The molecule has 0 amide bonds. The molecule has 0 saturated carbocycles. The van der Waals surface area contributed by atoms with Gasteiger partial charge in [-0.25, -0.2) is 0 Å². The number of ether oxygens (including phenoxy) is 2. The Morgan fingerprint density at radius 1 is 1.20 bits per heavy atom. The lowest BCUT2D eigenvalue weighted by molar-refractivity contribution is -0.149. The Bertz CT molecular complexity index is 802. The van der Waals surface area contributed by atoms with Crippen molar-refractivity contribution in [2.75, 3.05) is 7.11 Å². The molecule has 25 heavy (non-hydrogen) atoms. The maximum absolute atomic E-state index is 13.0. The molecule has 5 nitrogen and oxygen atoms in total. The van der Waals surface area contributed by atoms with Gasteiger partial charge in [0.2, 0.25) is 5.78 Å². The third-order valence-corrected chi connectivity index (χ3v) is 4.52. The molecule has 0 saturated heterocycles. The quantitative estimate of drug-likeness (QED) is 0.617. The van der Waals surface area contributed by atoms with E-state index in [1.165, 1.54) is 0 Å². The summed E-state index contributed by atoms with van der Waals surface area (Å²) in [6.07, 6.45) is 0.530. The molecule has 1 atom stereocenters. The van der Waals surface area contributed by atoms with Gasteiger partial charge in [-0.1, -0.05) is 0 Å². The van der Waals surface area contributed by atoms with E-state index in [-0.39, 0.29) is 23.8 Å². The normalized spacial score (nSPS) is 16.0.